The number of carboxylic acids is 1. The molecule has 1 aliphatic heterocycles. The number of imide groups is 1. The second kappa shape index (κ2) is 5.42. The van der Waals surface area contributed by atoms with Crippen LogP contribution in [0.4, 0.5) is 0 Å². The molecule has 0 aliphatic carbocycles. The van der Waals surface area contributed by atoms with Gasteiger partial charge in [-0.05, 0) is 5.92 Å². The number of carboxylic acid groups (broad SMARTS) is 1. The average Bonchev–Trinajstić information content (AvgIpc) is 2.20. The van der Waals surface area contributed by atoms with Crippen molar-refractivity contribution in [2.45, 2.75) is 19.8 Å². The number of rotatable bonds is 4. The molecule has 0 bridgehead atoms. The predicted octanol–water partition coefficient (Wildman–Crippen LogP) is -1.03. The van der Waals surface area contributed by atoms with Crippen molar-refractivity contribution in [1.82, 2.24) is 10.2 Å². The van der Waals surface area contributed by atoms with E-state index in [-0.39, 0.29) is 30.6 Å². The number of carbonyl (C=O) groups excluding carboxylic acids is 3. The van der Waals surface area contributed by atoms with Gasteiger partial charge in [0.2, 0.25) is 17.7 Å². The molecule has 0 aromatic carbocycles. The third-order valence-electron chi connectivity index (χ3n) is 2.39. The van der Waals surface area contributed by atoms with Gasteiger partial charge in [0.15, 0.2) is 0 Å². The SMILES string of the molecule is CC1CC(=O)N(CC(=O)NCC(=O)O)C(=O)C1. The van der Waals surface area contributed by atoms with Crippen molar-refractivity contribution in [1.29, 1.82) is 0 Å². The Hall–Kier alpha value is -1.92. The number of nitrogens with zero attached hydrogens (tertiary/aromatic N) is 1. The van der Waals surface area contributed by atoms with Crippen LogP contribution in [0.2, 0.25) is 0 Å². The van der Waals surface area contributed by atoms with Gasteiger partial charge in [0.25, 0.3) is 0 Å². The lowest BCUT2D eigenvalue weighted by Crippen LogP contribution is -2.48. The molecule has 0 radical (unpaired) electrons. The summed E-state index contributed by atoms with van der Waals surface area (Å²) in [5.74, 6) is -2.61. The third kappa shape index (κ3) is 3.86. The summed E-state index contributed by atoms with van der Waals surface area (Å²) >= 11 is 0. The highest BCUT2D eigenvalue weighted by molar-refractivity contribution is 6.01. The number of aliphatic carboxylic acids is 1. The van der Waals surface area contributed by atoms with E-state index in [0.29, 0.717) is 0 Å². The van der Waals surface area contributed by atoms with E-state index >= 15 is 0 Å². The standard InChI is InChI=1S/C10H14N2O5/c1-6-2-8(14)12(9(15)3-6)5-7(13)11-4-10(16)17/h6H,2-5H2,1H3,(H,11,13)(H,16,17). The first-order valence-electron chi connectivity index (χ1n) is 5.22. The van der Waals surface area contributed by atoms with Gasteiger partial charge in [-0.3, -0.25) is 24.1 Å². The van der Waals surface area contributed by atoms with Crippen molar-refractivity contribution in [3.05, 3.63) is 0 Å². The monoisotopic (exact) mass is 242 g/mol. The summed E-state index contributed by atoms with van der Waals surface area (Å²) < 4.78 is 0. The molecule has 1 heterocycles. The number of piperidine rings is 1. The fraction of sp³-hybridized carbons (Fsp3) is 0.600. The Morgan fingerprint density at radius 1 is 1.35 bits per heavy atom. The number of hydrogen-bond acceptors (Lipinski definition) is 4. The van der Waals surface area contributed by atoms with Gasteiger partial charge in [-0.2, -0.15) is 0 Å². The number of likely N-dealkylation sites (tertiary alicyclic amines) is 1. The van der Waals surface area contributed by atoms with Crippen LogP contribution in [0.5, 0.6) is 0 Å². The molecule has 1 fully saturated rings. The summed E-state index contributed by atoms with van der Waals surface area (Å²) in [5, 5.41) is 10.4. The topological polar surface area (TPSA) is 104 Å². The zero-order chi connectivity index (χ0) is 13.0. The second-order valence-corrected chi connectivity index (χ2v) is 4.06. The van der Waals surface area contributed by atoms with E-state index in [0.717, 1.165) is 4.90 Å². The van der Waals surface area contributed by atoms with Gasteiger partial charge in [-0.15, -0.1) is 0 Å². The van der Waals surface area contributed by atoms with Gasteiger partial charge in [0.1, 0.15) is 13.1 Å². The van der Waals surface area contributed by atoms with E-state index in [4.69, 9.17) is 5.11 Å². The molecule has 17 heavy (non-hydrogen) atoms. The van der Waals surface area contributed by atoms with Crippen LogP contribution in [0.15, 0.2) is 0 Å². The first kappa shape index (κ1) is 13.1. The van der Waals surface area contributed by atoms with E-state index in [1.165, 1.54) is 0 Å². The van der Waals surface area contributed by atoms with Crippen molar-refractivity contribution in [2.24, 2.45) is 5.92 Å². The van der Waals surface area contributed by atoms with E-state index < -0.39 is 25.0 Å². The lowest BCUT2D eigenvalue weighted by atomic mass is 9.98. The minimum atomic E-state index is -1.18. The molecule has 0 atom stereocenters. The van der Waals surface area contributed by atoms with Crippen LogP contribution in [0.3, 0.4) is 0 Å². The Kier molecular flexibility index (Phi) is 4.19. The summed E-state index contributed by atoms with van der Waals surface area (Å²) in [7, 11) is 0. The Bertz CT molecular complexity index is 348. The Labute approximate surface area is 97.8 Å². The fourth-order valence-electron chi connectivity index (χ4n) is 1.58. The lowest BCUT2D eigenvalue weighted by Gasteiger charge is -2.27. The third-order valence-corrected chi connectivity index (χ3v) is 2.39. The van der Waals surface area contributed by atoms with Gasteiger partial charge in [-0.1, -0.05) is 6.92 Å². The summed E-state index contributed by atoms with van der Waals surface area (Å²) in [4.78, 5) is 45.3. The molecule has 3 amide bonds. The molecule has 7 heteroatoms. The largest absolute Gasteiger partial charge is 0.480 e. The quantitative estimate of drug-likeness (QED) is 0.613. The van der Waals surface area contributed by atoms with Gasteiger partial charge >= 0.3 is 5.97 Å². The van der Waals surface area contributed by atoms with Gasteiger partial charge < -0.3 is 10.4 Å². The van der Waals surface area contributed by atoms with E-state index in [1.807, 2.05) is 0 Å². The molecule has 0 aromatic heterocycles. The zero-order valence-corrected chi connectivity index (χ0v) is 9.43. The van der Waals surface area contributed by atoms with Crippen LogP contribution < -0.4 is 5.32 Å². The normalized spacial score (nSPS) is 17.1. The minimum Gasteiger partial charge on any atom is -0.480 e. The van der Waals surface area contributed by atoms with Gasteiger partial charge in [0, 0.05) is 12.8 Å². The van der Waals surface area contributed by atoms with Gasteiger partial charge in [-0.25, -0.2) is 0 Å². The van der Waals surface area contributed by atoms with E-state index in [1.54, 1.807) is 6.92 Å². The van der Waals surface area contributed by atoms with Crippen LogP contribution in [0.25, 0.3) is 0 Å². The smallest absolute Gasteiger partial charge is 0.322 e. The van der Waals surface area contributed by atoms with Crippen molar-refractivity contribution >= 4 is 23.7 Å². The number of nitrogens with one attached hydrogen (secondary N) is 1. The number of carbonyl (C=O) groups is 4. The Morgan fingerprint density at radius 2 is 1.88 bits per heavy atom. The molecule has 2 N–H and O–H groups in total. The molecule has 0 spiro atoms. The van der Waals surface area contributed by atoms with Crippen molar-refractivity contribution < 1.29 is 24.3 Å². The minimum absolute atomic E-state index is 0.00618. The van der Waals surface area contributed by atoms with Crippen LogP contribution in [0, 0.1) is 5.92 Å². The second-order valence-electron chi connectivity index (χ2n) is 4.06. The fourth-order valence-corrected chi connectivity index (χ4v) is 1.58. The summed E-state index contributed by atoms with van der Waals surface area (Å²) in [6.45, 7) is 0.862. The first-order chi connectivity index (χ1) is 7.90. The molecule has 0 saturated carbocycles. The predicted molar refractivity (Wildman–Crippen MR) is 55.8 cm³/mol. The lowest BCUT2D eigenvalue weighted by molar-refractivity contribution is -0.152. The maximum absolute atomic E-state index is 11.5. The number of amides is 3. The average molecular weight is 242 g/mol. The molecule has 94 valence electrons. The Balaban J connectivity index is 2.50. The van der Waals surface area contributed by atoms with Crippen molar-refractivity contribution in [2.75, 3.05) is 13.1 Å². The Morgan fingerprint density at radius 3 is 2.35 bits per heavy atom. The molecule has 1 rings (SSSR count). The summed E-state index contributed by atoms with van der Waals surface area (Å²) in [6.07, 6.45) is 0.468. The summed E-state index contributed by atoms with van der Waals surface area (Å²) in [6, 6.07) is 0. The maximum atomic E-state index is 11.5. The highest BCUT2D eigenvalue weighted by Crippen LogP contribution is 2.18. The highest BCUT2D eigenvalue weighted by atomic mass is 16.4. The summed E-state index contributed by atoms with van der Waals surface area (Å²) in [5.41, 5.74) is 0. The molecular formula is C10H14N2O5. The zero-order valence-electron chi connectivity index (χ0n) is 9.43. The molecule has 1 aliphatic rings. The van der Waals surface area contributed by atoms with Crippen molar-refractivity contribution in [3.8, 4) is 0 Å². The van der Waals surface area contributed by atoms with Gasteiger partial charge in [0.05, 0.1) is 0 Å². The highest BCUT2D eigenvalue weighted by Gasteiger charge is 2.31. The molecular weight excluding hydrogens is 228 g/mol. The molecule has 1 saturated heterocycles. The molecule has 0 unspecified atom stereocenters. The first-order valence-corrected chi connectivity index (χ1v) is 5.22. The van der Waals surface area contributed by atoms with E-state index in [9.17, 15) is 19.2 Å². The molecule has 7 nitrogen and oxygen atoms in total. The van der Waals surface area contributed by atoms with Crippen LogP contribution >= 0.6 is 0 Å². The maximum Gasteiger partial charge on any atom is 0.322 e. The van der Waals surface area contributed by atoms with Crippen LogP contribution in [-0.4, -0.2) is 46.8 Å². The molecule has 0 aromatic rings. The van der Waals surface area contributed by atoms with Crippen LogP contribution in [0.1, 0.15) is 19.8 Å². The number of hydrogen-bond donors (Lipinski definition) is 2. The van der Waals surface area contributed by atoms with Crippen molar-refractivity contribution in [3.63, 3.8) is 0 Å². The van der Waals surface area contributed by atoms with Crippen LogP contribution in [-0.2, 0) is 19.2 Å². The van der Waals surface area contributed by atoms with E-state index in [2.05, 4.69) is 5.32 Å².